The van der Waals surface area contributed by atoms with Gasteiger partial charge in [-0.05, 0) is 29.4 Å². The highest BCUT2D eigenvalue weighted by molar-refractivity contribution is 5.40. The molecular formula is C13H15NO2. The van der Waals surface area contributed by atoms with Gasteiger partial charge in [0.1, 0.15) is 17.5 Å². The van der Waals surface area contributed by atoms with Crippen molar-refractivity contribution >= 4 is 5.69 Å². The molecule has 0 radical (unpaired) electrons. The van der Waals surface area contributed by atoms with Crippen molar-refractivity contribution in [2.45, 2.75) is 18.9 Å². The lowest BCUT2D eigenvalue weighted by atomic mass is 10.2. The van der Waals surface area contributed by atoms with Gasteiger partial charge in [0.15, 0.2) is 0 Å². The minimum absolute atomic E-state index is 0.0463. The van der Waals surface area contributed by atoms with Crippen molar-refractivity contribution in [3.63, 3.8) is 0 Å². The standard InChI is InChI=1S/C13H15NO2/c1-3-5-12(6-4-2)16-13-9-7-11(14-15)8-10-13/h3-4,7-10,12H,1-2,5-6H2. The highest BCUT2D eigenvalue weighted by Crippen LogP contribution is 2.20. The average Bonchev–Trinajstić information content (AvgIpc) is 2.31. The average molecular weight is 217 g/mol. The van der Waals surface area contributed by atoms with E-state index in [0.717, 1.165) is 18.6 Å². The van der Waals surface area contributed by atoms with Crippen LogP contribution in [0.4, 0.5) is 5.69 Å². The molecular weight excluding hydrogens is 202 g/mol. The van der Waals surface area contributed by atoms with Crippen molar-refractivity contribution in [2.24, 2.45) is 5.18 Å². The molecule has 0 spiro atoms. The van der Waals surface area contributed by atoms with E-state index in [1.54, 1.807) is 24.3 Å². The van der Waals surface area contributed by atoms with Gasteiger partial charge in [-0.15, -0.1) is 18.1 Å². The summed E-state index contributed by atoms with van der Waals surface area (Å²) in [6, 6.07) is 6.72. The quantitative estimate of drug-likeness (QED) is 0.511. The molecule has 0 amide bonds. The molecule has 1 aromatic rings. The van der Waals surface area contributed by atoms with Crippen LogP contribution in [0.25, 0.3) is 0 Å². The lowest BCUT2D eigenvalue weighted by molar-refractivity contribution is 0.208. The van der Waals surface area contributed by atoms with Crippen molar-refractivity contribution < 1.29 is 4.74 Å². The van der Waals surface area contributed by atoms with Gasteiger partial charge >= 0.3 is 0 Å². The number of nitrogens with zero attached hydrogens (tertiary/aromatic N) is 1. The van der Waals surface area contributed by atoms with E-state index in [0.29, 0.717) is 5.69 Å². The summed E-state index contributed by atoms with van der Waals surface area (Å²) in [6.45, 7) is 7.36. The van der Waals surface area contributed by atoms with Crippen molar-refractivity contribution in [1.29, 1.82) is 0 Å². The third kappa shape index (κ3) is 3.69. The van der Waals surface area contributed by atoms with E-state index in [2.05, 4.69) is 18.3 Å². The molecule has 3 nitrogen and oxygen atoms in total. The highest BCUT2D eigenvalue weighted by Gasteiger charge is 2.06. The van der Waals surface area contributed by atoms with Gasteiger partial charge in [0, 0.05) is 12.8 Å². The Kier molecular flexibility index (Phi) is 4.99. The fourth-order valence-corrected chi connectivity index (χ4v) is 1.34. The van der Waals surface area contributed by atoms with Gasteiger partial charge in [0.05, 0.1) is 0 Å². The predicted molar refractivity (Wildman–Crippen MR) is 65.9 cm³/mol. The molecule has 3 heteroatoms. The minimum atomic E-state index is 0.0463. The van der Waals surface area contributed by atoms with Crippen LogP contribution < -0.4 is 4.74 Å². The van der Waals surface area contributed by atoms with Crippen molar-refractivity contribution in [1.82, 2.24) is 0 Å². The Labute approximate surface area is 95.4 Å². The Morgan fingerprint density at radius 3 is 2.19 bits per heavy atom. The third-order valence-corrected chi connectivity index (χ3v) is 2.10. The van der Waals surface area contributed by atoms with Crippen molar-refractivity contribution in [2.75, 3.05) is 0 Å². The summed E-state index contributed by atoms with van der Waals surface area (Å²) in [5.41, 5.74) is 0.399. The fourth-order valence-electron chi connectivity index (χ4n) is 1.34. The van der Waals surface area contributed by atoms with Crippen LogP contribution >= 0.6 is 0 Å². The Morgan fingerprint density at radius 1 is 1.19 bits per heavy atom. The van der Waals surface area contributed by atoms with Gasteiger partial charge in [0.25, 0.3) is 0 Å². The zero-order valence-corrected chi connectivity index (χ0v) is 9.13. The van der Waals surface area contributed by atoms with Crippen molar-refractivity contribution in [3.8, 4) is 5.75 Å². The Morgan fingerprint density at radius 2 is 1.75 bits per heavy atom. The highest BCUT2D eigenvalue weighted by atomic mass is 16.5. The molecule has 84 valence electrons. The summed E-state index contributed by atoms with van der Waals surface area (Å²) in [4.78, 5) is 10.2. The van der Waals surface area contributed by atoms with E-state index in [4.69, 9.17) is 4.74 Å². The van der Waals surface area contributed by atoms with Crippen molar-refractivity contribution in [3.05, 3.63) is 54.5 Å². The van der Waals surface area contributed by atoms with Crippen LogP contribution in [0.3, 0.4) is 0 Å². The van der Waals surface area contributed by atoms with E-state index < -0.39 is 0 Å². The molecule has 0 N–H and O–H groups in total. The van der Waals surface area contributed by atoms with Crippen LogP contribution in [0.1, 0.15) is 12.8 Å². The predicted octanol–water partition coefficient (Wildman–Crippen LogP) is 3.98. The maximum absolute atomic E-state index is 10.2. The van der Waals surface area contributed by atoms with E-state index in [1.165, 1.54) is 0 Å². The monoisotopic (exact) mass is 217 g/mol. The summed E-state index contributed by atoms with van der Waals surface area (Å²) in [5, 5.41) is 2.83. The molecule has 0 atom stereocenters. The number of benzene rings is 1. The van der Waals surface area contributed by atoms with Gasteiger partial charge in [0.2, 0.25) is 0 Å². The second kappa shape index (κ2) is 6.56. The molecule has 1 aromatic carbocycles. The van der Waals surface area contributed by atoms with E-state index in [-0.39, 0.29) is 6.10 Å². The van der Waals surface area contributed by atoms with Crippen LogP contribution in [-0.2, 0) is 0 Å². The van der Waals surface area contributed by atoms with E-state index in [9.17, 15) is 4.91 Å². The molecule has 0 unspecified atom stereocenters. The van der Waals surface area contributed by atoms with Crippen LogP contribution in [0.5, 0.6) is 5.75 Å². The molecule has 0 aromatic heterocycles. The smallest absolute Gasteiger partial charge is 0.119 e. The molecule has 0 fully saturated rings. The molecule has 1 rings (SSSR count). The molecule has 16 heavy (non-hydrogen) atoms. The van der Waals surface area contributed by atoms with E-state index >= 15 is 0 Å². The lowest BCUT2D eigenvalue weighted by Gasteiger charge is -2.15. The second-order valence-electron chi connectivity index (χ2n) is 3.37. The van der Waals surface area contributed by atoms with E-state index in [1.807, 2.05) is 12.2 Å². The number of ether oxygens (including phenoxy) is 1. The summed E-state index contributed by atoms with van der Waals surface area (Å²) in [7, 11) is 0. The molecule has 0 saturated carbocycles. The van der Waals surface area contributed by atoms with Gasteiger partial charge in [-0.2, -0.15) is 0 Å². The lowest BCUT2D eigenvalue weighted by Crippen LogP contribution is -2.14. The summed E-state index contributed by atoms with van der Waals surface area (Å²) >= 11 is 0. The Balaban J connectivity index is 2.64. The maximum Gasteiger partial charge on any atom is 0.119 e. The summed E-state index contributed by atoms with van der Waals surface area (Å²) in [6.07, 6.45) is 5.20. The topological polar surface area (TPSA) is 38.7 Å². The minimum Gasteiger partial charge on any atom is -0.490 e. The summed E-state index contributed by atoms with van der Waals surface area (Å²) < 4.78 is 5.71. The number of nitroso groups, excluding NO2 is 1. The number of hydrogen-bond donors (Lipinski definition) is 0. The zero-order chi connectivity index (χ0) is 11.8. The van der Waals surface area contributed by atoms with Crippen LogP contribution in [0.15, 0.2) is 54.8 Å². The molecule has 0 aliphatic rings. The Hall–Kier alpha value is -1.90. The number of rotatable bonds is 7. The van der Waals surface area contributed by atoms with Gasteiger partial charge < -0.3 is 4.74 Å². The summed E-state index contributed by atoms with van der Waals surface area (Å²) in [5.74, 6) is 0.723. The first-order valence-electron chi connectivity index (χ1n) is 5.12. The van der Waals surface area contributed by atoms with Crippen LogP contribution in [0, 0.1) is 4.91 Å². The van der Waals surface area contributed by atoms with Gasteiger partial charge in [-0.1, -0.05) is 12.2 Å². The van der Waals surface area contributed by atoms with Gasteiger partial charge in [-0.25, -0.2) is 0 Å². The van der Waals surface area contributed by atoms with Crippen LogP contribution in [-0.4, -0.2) is 6.10 Å². The molecule has 0 saturated heterocycles. The fraction of sp³-hybridized carbons (Fsp3) is 0.231. The largest absolute Gasteiger partial charge is 0.490 e. The maximum atomic E-state index is 10.2. The number of hydrogen-bond acceptors (Lipinski definition) is 3. The van der Waals surface area contributed by atoms with Gasteiger partial charge in [-0.3, -0.25) is 0 Å². The normalized spacial score (nSPS) is 9.81. The van der Waals surface area contributed by atoms with Crippen LogP contribution in [0.2, 0.25) is 0 Å². The second-order valence-corrected chi connectivity index (χ2v) is 3.37. The first-order valence-corrected chi connectivity index (χ1v) is 5.12. The first-order chi connectivity index (χ1) is 7.80. The Bertz CT molecular complexity index is 347. The molecule has 0 aliphatic heterocycles. The molecule has 0 heterocycles. The molecule has 0 bridgehead atoms. The molecule has 0 aliphatic carbocycles. The SMILES string of the molecule is C=CCC(CC=C)Oc1ccc(N=O)cc1. The first kappa shape index (κ1) is 12.2. The zero-order valence-electron chi connectivity index (χ0n) is 9.13. The third-order valence-electron chi connectivity index (χ3n) is 2.10.